The lowest BCUT2D eigenvalue weighted by Crippen LogP contribution is -2.25. The van der Waals surface area contributed by atoms with Crippen molar-refractivity contribution in [3.05, 3.63) is 65.4 Å². The first-order chi connectivity index (χ1) is 14.1. The summed E-state index contributed by atoms with van der Waals surface area (Å²) in [6.07, 6.45) is 2.78. The van der Waals surface area contributed by atoms with Crippen LogP contribution in [0.2, 0.25) is 0 Å². The number of fused-ring (bicyclic) bond motifs is 1. The third-order valence-corrected chi connectivity index (χ3v) is 5.28. The minimum atomic E-state index is -0.316. The number of carbonyl (C=O) groups is 1. The molecule has 0 spiro atoms. The van der Waals surface area contributed by atoms with Crippen molar-refractivity contribution in [3.63, 3.8) is 0 Å². The lowest BCUT2D eigenvalue weighted by Gasteiger charge is -2.14. The van der Waals surface area contributed by atoms with Crippen LogP contribution >= 0.6 is 0 Å². The van der Waals surface area contributed by atoms with Gasteiger partial charge in [-0.1, -0.05) is 12.1 Å². The predicted molar refractivity (Wildman–Crippen MR) is 106 cm³/mol. The molecule has 29 heavy (non-hydrogen) atoms. The van der Waals surface area contributed by atoms with Crippen molar-refractivity contribution in [2.45, 2.75) is 18.9 Å². The molecule has 1 atom stereocenters. The van der Waals surface area contributed by atoms with Crippen LogP contribution in [0.3, 0.4) is 0 Å². The van der Waals surface area contributed by atoms with E-state index in [1.54, 1.807) is 37.6 Å². The number of hydrogen-bond acceptors (Lipinski definition) is 5. The minimum absolute atomic E-state index is 0.219. The number of carbonyl (C=O) groups excluding carboxylic acids is 1. The van der Waals surface area contributed by atoms with Gasteiger partial charge in [-0.15, -0.1) is 10.2 Å². The Morgan fingerprint density at radius 2 is 2.21 bits per heavy atom. The highest BCUT2D eigenvalue weighted by atomic mass is 19.1. The Morgan fingerprint density at radius 3 is 3.03 bits per heavy atom. The number of halogens is 1. The van der Waals surface area contributed by atoms with E-state index >= 15 is 0 Å². The third-order valence-electron chi connectivity index (χ3n) is 5.28. The maximum Gasteiger partial charge on any atom is 0.253 e. The maximum absolute atomic E-state index is 13.3. The Balaban J connectivity index is 1.47. The molecule has 0 radical (unpaired) electrons. The lowest BCUT2D eigenvalue weighted by molar-refractivity contribution is 0.0950. The fraction of sp³-hybridized carbons (Fsp3) is 0.381. The van der Waals surface area contributed by atoms with Gasteiger partial charge in [0.1, 0.15) is 11.6 Å². The van der Waals surface area contributed by atoms with Crippen molar-refractivity contribution in [2.24, 2.45) is 0 Å². The van der Waals surface area contributed by atoms with E-state index in [0.717, 1.165) is 37.5 Å². The molecule has 0 aliphatic carbocycles. The zero-order chi connectivity index (χ0) is 20.2. The standard InChI is InChI=1S/C21H24FN5O2/c1-29-10-9-26-8-7-16(13-26)20-25-24-19-6-5-17(14-27(19)20)21(28)23-12-15-3-2-4-18(22)11-15/h2-6,11,14,16H,7-10,12-13H2,1H3,(H,23,28)/t16-/m1/s1. The topological polar surface area (TPSA) is 71.8 Å². The molecule has 1 aliphatic rings. The number of hydrogen-bond donors (Lipinski definition) is 1. The number of nitrogens with zero attached hydrogens (tertiary/aromatic N) is 4. The summed E-state index contributed by atoms with van der Waals surface area (Å²) < 4.78 is 20.4. The van der Waals surface area contributed by atoms with Crippen molar-refractivity contribution in [2.75, 3.05) is 33.4 Å². The van der Waals surface area contributed by atoms with E-state index < -0.39 is 0 Å². The number of nitrogens with one attached hydrogen (secondary N) is 1. The summed E-state index contributed by atoms with van der Waals surface area (Å²) in [4.78, 5) is 14.9. The maximum atomic E-state index is 13.3. The van der Waals surface area contributed by atoms with Gasteiger partial charge in [-0.25, -0.2) is 4.39 Å². The zero-order valence-electron chi connectivity index (χ0n) is 16.3. The van der Waals surface area contributed by atoms with Crippen LogP contribution in [0.5, 0.6) is 0 Å². The Hall–Kier alpha value is -2.84. The molecule has 0 saturated carbocycles. The average molecular weight is 397 g/mol. The van der Waals surface area contributed by atoms with E-state index in [-0.39, 0.29) is 24.2 Å². The van der Waals surface area contributed by atoms with Gasteiger partial charge in [0.15, 0.2) is 5.65 Å². The lowest BCUT2D eigenvalue weighted by atomic mass is 10.1. The molecule has 0 unspecified atom stereocenters. The first-order valence-electron chi connectivity index (χ1n) is 9.72. The average Bonchev–Trinajstić information content (AvgIpc) is 3.36. The van der Waals surface area contributed by atoms with E-state index in [4.69, 9.17) is 4.74 Å². The third kappa shape index (κ3) is 4.44. The first-order valence-corrected chi connectivity index (χ1v) is 9.72. The van der Waals surface area contributed by atoms with Gasteiger partial charge in [0.2, 0.25) is 0 Å². The van der Waals surface area contributed by atoms with Crippen LogP contribution in [0.1, 0.15) is 34.1 Å². The molecule has 1 N–H and O–H groups in total. The van der Waals surface area contributed by atoms with Gasteiger partial charge < -0.3 is 15.0 Å². The summed E-state index contributed by atoms with van der Waals surface area (Å²) >= 11 is 0. The molecule has 1 aromatic carbocycles. The van der Waals surface area contributed by atoms with Gasteiger partial charge in [0.05, 0.1) is 12.2 Å². The van der Waals surface area contributed by atoms with Gasteiger partial charge in [-0.05, 0) is 42.8 Å². The summed E-state index contributed by atoms with van der Waals surface area (Å²) in [7, 11) is 1.71. The molecule has 1 aliphatic heterocycles. The van der Waals surface area contributed by atoms with Gasteiger partial charge in [-0.2, -0.15) is 0 Å². The van der Waals surface area contributed by atoms with Crippen molar-refractivity contribution in [1.29, 1.82) is 0 Å². The van der Waals surface area contributed by atoms with E-state index in [1.807, 2.05) is 4.40 Å². The van der Waals surface area contributed by atoms with E-state index in [2.05, 4.69) is 20.4 Å². The van der Waals surface area contributed by atoms with Crippen molar-refractivity contribution in [3.8, 4) is 0 Å². The highest BCUT2D eigenvalue weighted by molar-refractivity contribution is 5.94. The Morgan fingerprint density at radius 1 is 1.31 bits per heavy atom. The molecule has 1 saturated heterocycles. The molecule has 7 nitrogen and oxygen atoms in total. The highest BCUT2D eigenvalue weighted by Crippen LogP contribution is 2.26. The summed E-state index contributed by atoms with van der Waals surface area (Å²) in [6, 6.07) is 9.73. The smallest absolute Gasteiger partial charge is 0.253 e. The van der Waals surface area contributed by atoms with Crippen LogP contribution in [-0.4, -0.2) is 58.8 Å². The van der Waals surface area contributed by atoms with Crippen LogP contribution < -0.4 is 5.32 Å². The number of benzene rings is 1. The van der Waals surface area contributed by atoms with Crippen LogP contribution in [0, 0.1) is 5.82 Å². The highest BCUT2D eigenvalue weighted by Gasteiger charge is 2.27. The number of rotatable bonds is 7. The Kier molecular flexibility index (Phi) is 5.82. The largest absolute Gasteiger partial charge is 0.383 e. The second-order valence-corrected chi connectivity index (χ2v) is 7.30. The van der Waals surface area contributed by atoms with Gasteiger partial charge >= 0.3 is 0 Å². The number of amides is 1. The summed E-state index contributed by atoms with van der Waals surface area (Å²) in [5.41, 5.74) is 1.95. The molecule has 2 aromatic heterocycles. The van der Waals surface area contributed by atoms with Crippen LogP contribution in [0.4, 0.5) is 4.39 Å². The fourth-order valence-electron chi connectivity index (χ4n) is 3.72. The molecule has 1 amide bonds. The van der Waals surface area contributed by atoms with Gasteiger partial charge in [-0.3, -0.25) is 9.20 Å². The van der Waals surface area contributed by atoms with E-state index in [1.165, 1.54) is 12.1 Å². The van der Waals surface area contributed by atoms with E-state index in [0.29, 0.717) is 17.7 Å². The van der Waals surface area contributed by atoms with Crippen molar-refractivity contribution < 1.29 is 13.9 Å². The molecule has 1 fully saturated rings. The van der Waals surface area contributed by atoms with Crippen molar-refractivity contribution >= 4 is 11.6 Å². The number of pyridine rings is 1. The van der Waals surface area contributed by atoms with Crippen molar-refractivity contribution in [1.82, 2.24) is 24.8 Å². The molecular formula is C21H24FN5O2. The number of methoxy groups -OCH3 is 1. The normalized spacial score (nSPS) is 17.1. The minimum Gasteiger partial charge on any atom is -0.383 e. The van der Waals surface area contributed by atoms with Gasteiger partial charge in [0, 0.05) is 38.9 Å². The molecule has 3 aromatic rings. The zero-order valence-corrected chi connectivity index (χ0v) is 16.3. The molecule has 4 rings (SSSR count). The summed E-state index contributed by atoms with van der Waals surface area (Å²) in [5, 5.41) is 11.5. The SMILES string of the molecule is COCCN1CC[C@@H](c2nnc3ccc(C(=O)NCc4cccc(F)c4)cn23)C1. The molecule has 8 heteroatoms. The number of aromatic nitrogens is 3. The first kappa shape index (κ1) is 19.5. The number of ether oxygens (including phenoxy) is 1. The molecule has 3 heterocycles. The molecule has 152 valence electrons. The second kappa shape index (κ2) is 8.67. The molecular weight excluding hydrogens is 373 g/mol. The monoisotopic (exact) mass is 397 g/mol. The van der Waals surface area contributed by atoms with E-state index in [9.17, 15) is 9.18 Å². The Bertz CT molecular complexity index is 1010. The number of likely N-dealkylation sites (tertiary alicyclic amines) is 1. The predicted octanol–water partition coefficient (Wildman–Crippen LogP) is 2.23. The second-order valence-electron chi connectivity index (χ2n) is 7.30. The molecule has 0 bridgehead atoms. The van der Waals surface area contributed by atoms with Crippen LogP contribution in [0.15, 0.2) is 42.6 Å². The Labute approximate surface area is 168 Å². The summed E-state index contributed by atoms with van der Waals surface area (Å²) in [5.74, 6) is 0.611. The van der Waals surface area contributed by atoms with Gasteiger partial charge in [0.25, 0.3) is 5.91 Å². The summed E-state index contributed by atoms with van der Waals surface area (Å²) in [6.45, 7) is 3.78. The quantitative estimate of drug-likeness (QED) is 0.662. The van der Waals surface area contributed by atoms with Crippen LogP contribution in [-0.2, 0) is 11.3 Å². The van der Waals surface area contributed by atoms with Crippen LogP contribution in [0.25, 0.3) is 5.65 Å². The fourth-order valence-corrected chi connectivity index (χ4v) is 3.72.